The van der Waals surface area contributed by atoms with Crippen molar-refractivity contribution in [2.75, 3.05) is 0 Å². The molecule has 0 radical (unpaired) electrons. The largest absolute Gasteiger partial charge is 0.490 e. The molecule has 0 heterocycles. The summed E-state index contributed by atoms with van der Waals surface area (Å²) in [4.78, 5) is 0. The molecule has 0 amide bonds. The first-order valence-electron chi connectivity index (χ1n) is 9.40. The van der Waals surface area contributed by atoms with Crippen LogP contribution in [-0.4, -0.2) is 6.10 Å². The number of aryl methyl sites for hydroxylation is 1. The van der Waals surface area contributed by atoms with Crippen LogP contribution < -0.4 is 4.74 Å². The Balaban J connectivity index is 2.10. The second-order valence-corrected chi connectivity index (χ2v) is 7.71. The summed E-state index contributed by atoms with van der Waals surface area (Å²) in [6.45, 7) is 11.2. The number of rotatable bonds is 8. The molecule has 0 spiro atoms. The number of hydrogen-bond acceptors (Lipinski definition) is 1. The van der Waals surface area contributed by atoms with E-state index in [1.165, 1.54) is 49.7 Å². The molecule has 23 heavy (non-hydrogen) atoms. The van der Waals surface area contributed by atoms with Gasteiger partial charge in [0.05, 0.1) is 0 Å². The van der Waals surface area contributed by atoms with Crippen molar-refractivity contribution >= 4 is 6.08 Å². The van der Waals surface area contributed by atoms with Crippen molar-refractivity contribution < 1.29 is 4.74 Å². The smallest absolute Gasteiger partial charge is 0.120 e. The molecular formula is C22H34O. The van der Waals surface area contributed by atoms with Gasteiger partial charge in [0.1, 0.15) is 11.9 Å². The first-order chi connectivity index (χ1) is 11.0. The van der Waals surface area contributed by atoms with E-state index in [0.717, 1.165) is 11.7 Å². The fraction of sp³-hybridized carbons (Fsp3) is 0.636. The third kappa shape index (κ3) is 4.40. The van der Waals surface area contributed by atoms with Crippen LogP contribution in [0.3, 0.4) is 0 Å². The number of allylic oxidation sites excluding steroid dienone is 1. The molecule has 1 saturated carbocycles. The summed E-state index contributed by atoms with van der Waals surface area (Å²) in [5.41, 5.74) is 3.00. The fourth-order valence-corrected chi connectivity index (χ4v) is 3.84. The minimum atomic E-state index is 0.405. The second-order valence-electron chi connectivity index (χ2n) is 7.71. The van der Waals surface area contributed by atoms with Gasteiger partial charge < -0.3 is 4.74 Å². The van der Waals surface area contributed by atoms with Crippen molar-refractivity contribution in [1.29, 1.82) is 0 Å². The Labute approximate surface area is 143 Å². The first-order valence-corrected chi connectivity index (χ1v) is 9.40. The molecule has 2 atom stereocenters. The average molecular weight is 315 g/mol. The highest BCUT2D eigenvalue weighted by Crippen LogP contribution is 2.51. The molecule has 0 N–H and O–H groups in total. The molecule has 2 unspecified atom stereocenters. The molecule has 1 aromatic rings. The zero-order chi connectivity index (χ0) is 16.9. The molecule has 1 fully saturated rings. The topological polar surface area (TPSA) is 9.23 Å². The van der Waals surface area contributed by atoms with Crippen LogP contribution in [0, 0.1) is 18.3 Å². The van der Waals surface area contributed by atoms with Gasteiger partial charge in [-0.2, -0.15) is 0 Å². The predicted octanol–water partition coefficient (Wildman–Crippen LogP) is 6.79. The second kappa shape index (κ2) is 8.04. The molecule has 0 saturated heterocycles. The summed E-state index contributed by atoms with van der Waals surface area (Å²) in [6.07, 6.45) is 12.4. The van der Waals surface area contributed by atoms with E-state index in [9.17, 15) is 0 Å². The third-order valence-corrected chi connectivity index (χ3v) is 5.43. The summed E-state index contributed by atoms with van der Waals surface area (Å²) in [5, 5.41) is 0. The lowest BCUT2D eigenvalue weighted by molar-refractivity contribution is -0.0615. The Morgan fingerprint density at radius 2 is 2.09 bits per heavy atom. The average Bonchev–Trinajstić information content (AvgIpc) is 2.51. The molecule has 1 heteroatoms. The van der Waals surface area contributed by atoms with Crippen LogP contribution in [0.2, 0.25) is 0 Å². The van der Waals surface area contributed by atoms with Crippen LogP contribution in [-0.2, 0) is 0 Å². The van der Waals surface area contributed by atoms with Crippen LogP contribution in [0.5, 0.6) is 5.75 Å². The van der Waals surface area contributed by atoms with Gasteiger partial charge in [-0.05, 0) is 68.7 Å². The molecule has 128 valence electrons. The van der Waals surface area contributed by atoms with E-state index in [1.54, 1.807) is 0 Å². The van der Waals surface area contributed by atoms with Crippen LogP contribution in [0.15, 0.2) is 24.3 Å². The number of benzene rings is 1. The normalized spacial score (nSPS) is 24.2. The van der Waals surface area contributed by atoms with E-state index in [-0.39, 0.29) is 0 Å². The highest BCUT2D eigenvalue weighted by molar-refractivity contribution is 5.55. The quantitative estimate of drug-likeness (QED) is 0.513. The zero-order valence-electron chi connectivity index (χ0n) is 15.7. The Morgan fingerprint density at radius 3 is 2.65 bits per heavy atom. The lowest BCUT2D eigenvalue weighted by Crippen LogP contribution is -2.48. The number of hydrogen-bond donors (Lipinski definition) is 0. The molecule has 1 aliphatic carbocycles. The predicted molar refractivity (Wildman–Crippen MR) is 101 cm³/mol. The summed E-state index contributed by atoms with van der Waals surface area (Å²) in [7, 11) is 0. The maximum Gasteiger partial charge on any atom is 0.120 e. The summed E-state index contributed by atoms with van der Waals surface area (Å²) < 4.78 is 6.46. The molecule has 2 rings (SSSR count). The molecule has 0 aliphatic heterocycles. The summed E-state index contributed by atoms with van der Waals surface area (Å²) in [6, 6.07) is 6.52. The monoisotopic (exact) mass is 314 g/mol. The van der Waals surface area contributed by atoms with Gasteiger partial charge in [0.2, 0.25) is 0 Å². The lowest BCUT2D eigenvalue weighted by Gasteiger charge is -2.50. The Kier molecular flexibility index (Phi) is 6.33. The Bertz CT molecular complexity index is 529. The summed E-state index contributed by atoms with van der Waals surface area (Å²) >= 11 is 0. The standard InChI is InChI=1S/C22H34O/c1-6-8-19-16-20(10-9-18(19)5)23-21-12-15-22(21,13-7-2)14-11-17(3)4/h6,8-10,16-17,21H,7,11-15H2,1-5H3/b8-6-. The van der Waals surface area contributed by atoms with Gasteiger partial charge in [-0.1, -0.05) is 51.8 Å². The minimum absolute atomic E-state index is 0.405. The Morgan fingerprint density at radius 1 is 1.30 bits per heavy atom. The van der Waals surface area contributed by atoms with Crippen LogP contribution in [0.25, 0.3) is 6.08 Å². The van der Waals surface area contributed by atoms with Gasteiger partial charge in [0, 0.05) is 5.41 Å². The minimum Gasteiger partial charge on any atom is -0.490 e. The van der Waals surface area contributed by atoms with Crippen molar-refractivity contribution in [2.24, 2.45) is 11.3 Å². The van der Waals surface area contributed by atoms with E-state index in [2.05, 4.69) is 65.0 Å². The van der Waals surface area contributed by atoms with Crippen LogP contribution in [0.4, 0.5) is 0 Å². The van der Waals surface area contributed by atoms with E-state index >= 15 is 0 Å². The van der Waals surface area contributed by atoms with E-state index in [4.69, 9.17) is 4.74 Å². The van der Waals surface area contributed by atoms with Crippen molar-refractivity contribution in [2.45, 2.75) is 79.2 Å². The molecule has 1 aliphatic rings. The van der Waals surface area contributed by atoms with Crippen molar-refractivity contribution in [3.05, 3.63) is 35.4 Å². The first kappa shape index (κ1) is 18.1. The van der Waals surface area contributed by atoms with E-state index < -0.39 is 0 Å². The SMILES string of the molecule is C/C=C\c1cc(OC2CCC2(CCC)CCC(C)C)ccc1C. The van der Waals surface area contributed by atoms with E-state index in [0.29, 0.717) is 11.5 Å². The van der Waals surface area contributed by atoms with Gasteiger partial charge in [-0.15, -0.1) is 0 Å². The van der Waals surface area contributed by atoms with Gasteiger partial charge in [-0.25, -0.2) is 0 Å². The maximum absolute atomic E-state index is 6.46. The van der Waals surface area contributed by atoms with Gasteiger partial charge >= 0.3 is 0 Å². The molecule has 0 aromatic heterocycles. The van der Waals surface area contributed by atoms with Gasteiger partial charge in [0.25, 0.3) is 0 Å². The highest BCUT2D eigenvalue weighted by Gasteiger charge is 2.47. The van der Waals surface area contributed by atoms with Crippen LogP contribution >= 0.6 is 0 Å². The molecular weight excluding hydrogens is 280 g/mol. The Hall–Kier alpha value is -1.24. The highest BCUT2D eigenvalue weighted by atomic mass is 16.5. The lowest BCUT2D eigenvalue weighted by atomic mass is 9.60. The summed E-state index contributed by atoms with van der Waals surface area (Å²) in [5.74, 6) is 1.82. The van der Waals surface area contributed by atoms with Crippen molar-refractivity contribution in [1.82, 2.24) is 0 Å². The van der Waals surface area contributed by atoms with Crippen molar-refractivity contribution in [3.8, 4) is 5.75 Å². The number of ether oxygens (including phenoxy) is 1. The van der Waals surface area contributed by atoms with Gasteiger partial charge in [0.15, 0.2) is 0 Å². The fourth-order valence-electron chi connectivity index (χ4n) is 3.84. The van der Waals surface area contributed by atoms with Gasteiger partial charge in [-0.3, -0.25) is 0 Å². The van der Waals surface area contributed by atoms with Crippen molar-refractivity contribution in [3.63, 3.8) is 0 Å². The maximum atomic E-state index is 6.46. The molecule has 1 aromatic carbocycles. The third-order valence-electron chi connectivity index (χ3n) is 5.43. The molecule has 1 nitrogen and oxygen atoms in total. The van der Waals surface area contributed by atoms with Crippen LogP contribution in [0.1, 0.15) is 77.3 Å². The molecule has 0 bridgehead atoms. The zero-order valence-corrected chi connectivity index (χ0v) is 15.7. The van der Waals surface area contributed by atoms with E-state index in [1.807, 2.05) is 0 Å².